The van der Waals surface area contributed by atoms with Crippen LogP contribution < -0.4 is 19.5 Å². The molecule has 3 rings (SSSR count). The van der Waals surface area contributed by atoms with Crippen molar-refractivity contribution in [2.75, 3.05) is 32.7 Å². The summed E-state index contributed by atoms with van der Waals surface area (Å²) in [6.45, 7) is 1.89. The third kappa shape index (κ3) is 6.06. The minimum atomic E-state index is -4.06. The van der Waals surface area contributed by atoms with Gasteiger partial charge in [-0.25, -0.2) is 8.42 Å². The average Bonchev–Trinajstić information content (AvgIpc) is 2.85. The van der Waals surface area contributed by atoms with Crippen LogP contribution in [0, 0.1) is 0 Å². The van der Waals surface area contributed by atoms with E-state index in [2.05, 4.69) is 5.32 Å². The molecule has 180 valence electrons. The number of hydrogen-bond donors (Lipinski definition) is 1. The Balaban J connectivity index is 1.92. The van der Waals surface area contributed by atoms with E-state index in [1.54, 1.807) is 36.4 Å². The van der Waals surface area contributed by atoms with Gasteiger partial charge in [-0.2, -0.15) is 4.31 Å². The Hall–Kier alpha value is -3.56. The van der Waals surface area contributed by atoms with E-state index in [0.717, 1.165) is 9.87 Å². The highest BCUT2D eigenvalue weighted by Crippen LogP contribution is 2.31. The van der Waals surface area contributed by atoms with Crippen molar-refractivity contribution in [1.82, 2.24) is 4.31 Å². The molecule has 0 bridgehead atoms. The molecular weight excluding hydrogens is 456 g/mol. The molecule has 0 atom stereocenters. The molecule has 0 heterocycles. The van der Waals surface area contributed by atoms with E-state index < -0.39 is 22.5 Å². The summed E-state index contributed by atoms with van der Waals surface area (Å²) in [4.78, 5) is 12.9. The van der Waals surface area contributed by atoms with Crippen LogP contribution in [0.25, 0.3) is 0 Å². The lowest BCUT2D eigenvalue weighted by Gasteiger charge is -2.23. The molecule has 3 aromatic carbocycles. The first-order valence-corrected chi connectivity index (χ1v) is 12.1. The topological polar surface area (TPSA) is 94.2 Å². The van der Waals surface area contributed by atoms with E-state index >= 15 is 0 Å². The highest BCUT2D eigenvalue weighted by molar-refractivity contribution is 7.89. The van der Waals surface area contributed by atoms with Gasteiger partial charge >= 0.3 is 0 Å². The molecule has 1 amide bonds. The molecule has 0 aliphatic rings. The number of anilines is 1. The first-order chi connectivity index (χ1) is 16.4. The van der Waals surface area contributed by atoms with Crippen LogP contribution in [0.5, 0.6) is 17.2 Å². The van der Waals surface area contributed by atoms with E-state index in [1.807, 2.05) is 25.1 Å². The zero-order valence-electron chi connectivity index (χ0n) is 19.4. The van der Waals surface area contributed by atoms with Crippen LogP contribution in [0.4, 0.5) is 5.69 Å². The van der Waals surface area contributed by atoms with Gasteiger partial charge in [0.2, 0.25) is 15.9 Å². The second-order valence-corrected chi connectivity index (χ2v) is 9.19. The number of ether oxygens (including phenoxy) is 3. The number of hydrogen-bond acceptors (Lipinski definition) is 6. The van der Waals surface area contributed by atoms with E-state index in [9.17, 15) is 13.2 Å². The number of amides is 1. The summed E-state index contributed by atoms with van der Waals surface area (Å²) in [6.07, 6.45) is 0. The number of sulfonamides is 1. The Morgan fingerprint density at radius 2 is 1.56 bits per heavy atom. The number of para-hydroxylation sites is 2. The van der Waals surface area contributed by atoms with Gasteiger partial charge in [-0.3, -0.25) is 4.79 Å². The Bertz CT molecular complexity index is 1220. The summed E-state index contributed by atoms with van der Waals surface area (Å²) in [5.74, 6) is 0.697. The molecule has 0 aliphatic carbocycles. The summed E-state index contributed by atoms with van der Waals surface area (Å²) in [6, 6.07) is 20.4. The first-order valence-electron chi connectivity index (χ1n) is 10.7. The zero-order chi connectivity index (χ0) is 24.6. The molecule has 9 heteroatoms. The van der Waals surface area contributed by atoms with Gasteiger partial charge in [0, 0.05) is 12.6 Å². The number of nitrogens with one attached hydrogen (secondary N) is 1. The van der Waals surface area contributed by atoms with Crippen LogP contribution in [-0.4, -0.2) is 46.0 Å². The Kier molecular flexibility index (Phi) is 8.50. The second-order valence-electron chi connectivity index (χ2n) is 7.25. The lowest BCUT2D eigenvalue weighted by Crippen LogP contribution is -2.37. The van der Waals surface area contributed by atoms with Crippen LogP contribution in [0.3, 0.4) is 0 Å². The van der Waals surface area contributed by atoms with E-state index in [-0.39, 0.29) is 17.2 Å². The average molecular weight is 485 g/mol. The highest BCUT2D eigenvalue weighted by Gasteiger charge is 2.28. The van der Waals surface area contributed by atoms with E-state index in [0.29, 0.717) is 23.8 Å². The maximum absolute atomic E-state index is 13.6. The van der Waals surface area contributed by atoms with Crippen LogP contribution in [0.2, 0.25) is 0 Å². The van der Waals surface area contributed by atoms with Crippen LogP contribution in [0.15, 0.2) is 77.7 Å². The van der Waals surface area contributed by atoms with Crippen molar-refractivity contribution in [3.8, 4) is 17.2 Å². The monoisotopic (exact) mass is 484 g/mol. The minimum Gasteiger partial charge on any atom is -0.493 e. The fourth-order valence-corrected chi connectivity index (χ4v) is 4.74. The molecule has 0 saturated heterocycles. The first kappa shape index (κ1) is 25.1. The molecule has 1 N–H and O–H groups in total. The maximum atomic E-state index is 13.6. The summed E-state index contributed by atoms with van der Waals surface area (Å²) in [5, 5.41) is 2.76. The van der Waals surface area contributed by atoms with Crippen molar-refractivity contribution in [2.24, 2.45) is 0 Å². The highest BCUT2D eigenvalue weighted by atomic mass is 32.2. The van der Waals surface area contributed by atoms with E-state index in [1.165, 1.54) is 32.4 Å². The van der Waals surface area contributed by atoms with Gasteiger partial charge in [-0.15, -0.1) is 0 Å². The van der Waals surface area contributed by atoms with Crippen LogP contribution in [-0.2, 0) is 21.4 Å². The third-order valence-corrected chi connectivity index (χ3v) is 6.76. The SMILES string of the molecule is CCOc1ccccc1NC(=O)CN(Cc1ccccc1)S(=O)(=O)c1ccc(OC)c(OC)c1. The third-order valence-electron chi connectivity index (χ3n) is 4.98. The number of methoxy groups -OCH3 is 2. The van der Waals surface area contributed by atoms with Crippen molar-refractivity contribution < 1.29 is 27.4 Å². The summed E-state index contributed by atoms with van der Waals surface area (Å²) in [7, 11) is -1.16. The lowest BCUT2D eigenvalue weighted by atomic mass is 10.2. The van der Waals surface area contributed by atoms with Crippen molar-refractivity contribution in [3.05, 3.63) is 78.4 Å². The molecule has 8 nitrogen and oxygen atoms in total. The summed E-state index contributed by atoms with van der Waals surface area (Å²) < 4.78 is 44.3. The maximum Gasteiger partial charge on any atom is 0.243 e. The molecule has 34 heavy (non-hydrogen) atoms. The molecule has 0 aromatic heterocycles. The second kappa shape index (κ2) is 11.5. The number of carbonyl (C=O) groups is 1. The fourth-order valence-electron chi connectivity index (χ4n) is 3.34. The normalized spacial score (nSPS) is 11.2. The van der Waals surface area contributed by atoms with Gasteiger partial charge in [-0.05, 0) is 36.8 Å². The van der Waals surface area contributed by atoms with Gasteiger partial charge in [-0.1, -0.05) is 42.5 Å². The van der Waals surface area contributed by atoms with Gasteiger partial charge in [0.05, 0.1) is 38.0 Å². The molecule has 0 saturated carbocycles. The van der Waals surface area contributed by atoms with Crippen molar-refractivity contribution >= 4 is 21.6 Å². The van der Waals surface area contributed by atoms with Crippen molar-refractivity contribution in [2.45, 2.75) is 18.4 Å². The van der Waals surface area contributed by atoms with Crippen LogP contribution in [0.1, 0.15) is 12.5 Å². The predicted octanol–water partition coefficient (Wildman–Crippen LogP) is 3.93. The molecule has 0 unspecified atom stereocenters. The van der Waals surface area contributed by atoms with Crippen molar-refractivity contribution in [3.63, 3.8) is 0 Å². The molecule has 0 aliphatic heterocycles. The molecule has 0 radical (unpaired) electrons. The zero-order valence-corrected chi connectivity index (χ0v) is 20.2. The van der Waals surface area contributed by atoms with E-state index in [4.69, 9.17) is 14.2 Å². The van der Waals surface area contributed by atoms with Crippen molar-refractivity contribution in [1.29, 1.82) is 0 Å². The number of benzene rings is 3. The molecule has 0 fully saturated rings. The Labute approximate surface area is 200 Å². The van der Waals surface area contributed by atoms with Crippen LogP contribution >= 0.6 is 0 Å². The summed E-state index contributed by atoms with van der Waals surface area (Å²) >= 11 is 0. The smallest absolute Gasteiger partial charge is 0.243 e. The van der Waals surface area contributed by atoms with Gasteiger partial charge in [0.25, 0.3) is 0 Å². The largest absolute Gasteiger partial charge is 0.493 e. The van der Waals surface area contributed by atoms with Gasteiger partial charge < -0.3 is 19.5 Å². The van der Waals surface area contributed by atoms with Gasteiger partial charge in [0.1, 0.15) is 5.75 Å². The van der Waals surface area contributed by atoms with Gasteiger partial charge in [0.15, 0.2) is 11.5 Å². The number of rotatable bonds is 11. The molecule has 3 aromatic rings. The predicted molar refractivity (Wildman–Crippen MR) is 130 cm³/mol. The molecule has 0 spiro atoms. The minimum absolute atomic E-state index is 0.0106. The Morgan fingerprint density at radius 1 is 0.882 bits per heavy atom. The Morgan fingerprint density at radius 3 is 2.24 bits per heavy atom. The number of nitrogens with zero attached hydrogens (tertiary/aromatic N) is 1. The lowest BCUT2D eigenvalue weighted by molar-refractivity contribution is -0.116. The standard InChI is InChI=1S/C25H28N2O6S/c1-4-33-22-13-9-8-12-21(22)26-25(28)18-27(17-19-10-6-5-7-11-19)34(29,30)20-14-15-23(31-2)24(16-20)32-3/h5-16H,4,17-18H2,1-3H3,(H,26,28). The molecular formula is C25H28N2O6S. The number of carbonyl (C=O) groups excluding carboxylic acids is 1. The summed E-state index contributed by atoms with van der Waals surface area (Å²) in [5.41, 5.74) is 1.21. The quantitative estimate of drug-likeness (QED) is 0.443. The fraction of sp³-hybridized carbons (Fsp3) is 0.240.